The molecule has 3 aliphatic heterocycles. The van der Waals surface area contributed by atoms with Gasteiger partial charge in [-0.25, -0.2) is 13.2 Å². The third-order valence-electron chi connectivity index (χ3n) is 5.66. The first-order valence-electron chi connectivity index (χ1n) is 9.80. The molecular weight excluding hydrogens is 393 g/mol. The van der Waals surface area contributed by atoms with Crippen molar-refractivity contribution in [2.24, 2.45) is 0 Å². The van der Waals surface area contributed by atoms with E-state index in [-0.39, 0.29) is 18.5 Å². The first-order chi connectivity index (χ1) is 14.4. The van der Waals surface area contributed by atoms with Crippen molar-refractivity contribution >= 4 is 5.52 Å². The number of alkyl halides is 2. The first kappa shape index (κ1) is 18.9. The van der Waals surface area contributed by atoms with Crippen LogP contribution in [-0.4, -0.2) is 38.1 Å². The van der Waals surface area contributed by atoms with E-state index in [1.165, 1.54) is 12.1 Å². The number of aromatic nitrogens is 3. The third kappa shape index (κ3) is 3.17. The van der Waals surface area contributed by atoms with Gasteiger partial charge in [-0.1, -0.05) is 18.2 Å². The number of hydrogen-bond donors (Lipinski definition) is 0. The molecule has 2 aromatic rings. The van der Waals surface area contributed by atoms with Crippen LogP contribution in [0.25, 0.3) is 22.6 Å². The summed E-state index contributed by atoms with van der Waals surface area (Å²) in [7, 11) is 0. The van der Waals surface area contributed by atoms with Gasteiger partial charge in [-0.15, -0.1) is 5.10 Å². The van der Waals surface area contributed by atoms with Crippen molar-refractivity contribution < 1.29 is 13.2 Å². The molecule has 1 fully saturated rings. The number of nitrogens with zero attached hydrogens (tertiary/aromatic N) is 4. The van der Waals surface area contributed by atoms with Gasteiger partial charge in [0, 0.05) is 38.7 Å². The topological polar surface area (TPSA) is 42.5 Å². The van der Waals surface area contributed by atoms with Crippen molar-refractivity contribution in [1.82, 2.24) is 19.1 Å². The fourth-order valence-corrected chi connectivity index (χ4v) is 4.04. The van der Waals surface area contributed by atoms with Gasteiger partial charge in [0.2, 0.25) is 0 Å². The third-order valence-corrected chi connectivity index (χ3v) is 5.66. The fourth-order valence-electron chi connectivity index (χ4n) is 4.04. The van der Waals surface area contributed by atoms with Crippen molar-refractivity contribution in [3.8, 4) is 17.1 Å². The Kier molecular flexibility index (Phi) is 4.39. The van der Waals surface area contributed by atoms with Crippen LogP contribution >= 0.6 is 0 Å². The molecule has 0 bridgehead atoms. The molecular formula is C22H19F3N4O. The lowest BCUT2D eigenvalue weighted by Crippen LogP contribution is -2.38. The Balaban J connectivity index is 1.64. The van der Waals surface area contributed by atoms with Crippen LogP contribution in [0.4, 0.5) is 13.2 Å². The first-order valence-corrected chi connectivity index (χ1v) is 9.80. The molecule has 4 heterocycles. The molecule has 8 heteroatoms. The van der Waals surface area contributed by atoms with Crippen LogP contribution in [0.5, 0.6) is 0 Å². The monoisotopic (exact) mass is 412 g/mol. The number of piperidine rings is 1. The number of halogens is 3. The van der Waals surface area contributed by atoms with E-state index in [1.54, 1.807) is 28.8 Å². The Morgan fingerprint density at radius 3 is 2.53 bits per heavy atom. The summed E-state index contributed by atoms with van der Waals surface area (Å²) in [6.45, 7) is 1.04. The maximum atomic E-state index is 14.3. The summed E-state index contributed by atoms with van der Waals surface area (Å²) >= 11 is 0. The van der Waals surface area contributed by atoms with E-state index in [0.717, 1.165) is 15.8 Å². The summed E-state index contributed by atoms with van der Waals surface area (Å²) in [5.74, 6) is -2.72. The molecule has 0 atom stereocenters. The summed E-state index contributed by atoms with van der Waals surface area (Å²) in [5.41, 5.74) is 1.71. The van der Waals surface area contributed by atoms with Gasteiger partial charge in [0.05, 0.1) is 11.1 Å². The molecule has 1 aromatic carbocycles. The molecule has 0 unspecified atom stereocenters. The van der Waals surface area contributed by atoms with Gasteiger partial charge in [0.15, 0.2) is 5.82 Å². The SMILES string of the molecule is O=c1c2cc(CN3CCC(F)(F)CC3)c3ccccn3c-2nn1-c1ccccc1F. The number of rotatable bonds is 3. The van der Waals surface area contributed by atoms with E-state index in [0.29, 0.717) is 31.0 Å². The molecule has 0 aliphatic carbocycles. The van der Waals surface area contributed by atoms with Crippen molar-refractivity contribution in [2.75, 3.05) is 13.1 Å². The Morgan fingerprint density at radius 2 is 1.77 bits per heavy atom. The molecule has 0 spiro atoms. The van der Waals surface area contributed by atoms with Crippen LogP contribution in [0.2, 0.25) is 0 Å². The summed E-state index contributed by atoms with van der Waals surface area (Å²) in [6.07, 6.45) is 1.46. The second kappa shape index (κ2) is 6.98. The second-order valence-electron chi connectivity index (χ2n) is 7.66. The maximum absolute atomic E-state index is 14.3. The minimum Gasteiger partial charge on any atom is -0.299 e. The smallest absolute Gasteiger partial charge is 0.282 e. The van der Waals surface area contributed by atoms with Crippen LogP contribution < -0.4 is 5.56 Å². The largest absolute Gasteiger partial charge is 0.299 e. The van der Waals surface area contributed by atoms with Gasteiger partial charge in [-0.2, -0.15) is 4.68 Å². The quantitative estimate of drug-likeness (QED) is 0.512. The van der Waals surface area contributed by atoms with Crippen LogP contribution in [0.1, 0.15) is 18.4 Å². The van der Waals surface area contributed by atoms with E-state index in [1.807, 2.05) is 23.1 Å². The van der Waals surface area contributed by atoms with E-state index >= 15 is 0 Å². The van der Waals surface area contributed by atoms with Crippen molar-refractivity contribution in [2.45, 2.75) is 25.3 Å². The highest BCUT2D eigenvalue weighted by atomic mass is 19.3. The average Bonchev–Trinajstić information content (AvgIpc) is 3.07. The molecule has 0 radical (unpaired) electrons. The molecule has 5 rings (SSSR count). The van der Waals surface area contributed by atoms with Gasteiger partial charge in [0.25, 0.3) is 11.5 Å². The Morgan fingerprint density at radius 1 is 1.03 bits per heavy atom. The molecule has 0 saturated carbocycles. The average molecular weight is 412 g/mol. The van der Waals surface area contributed by atoms with Crippen LogP contribution in [-0.2, 0) is 6.54 Å². The van der Waals surface area contributed by atoms with Crippen molar-refractivity contribution in [3.63, 3.8) is 0 Å². The van der Waals surface area contributed by atoms with Crippen LogP contribution in [0.15, 0.2) is 59.5 Å². The van der Waals surface area contributed by atoms with E-state index in [4.69, 9.17) is 0 Å². The Bertz CT molecular complexity index is 1250. The number of para-hydroxylation sites is 1. The number of hydrogen-bond acceptors (Lipinski definition) is 3. The lowest BCUT2D eigenvalue weighted by atomic mass is 10.0. The zero-order chi connectivity index (χ0) is 20.9. The van der Waals surface area contributed by atoms with Gasteiger partial charge in [-0.3, -0.25) is 14.1 Å². The Labute approximate surface area is 170 Å². The summed E-state index contributed by atoms with van der Waals surface area (Å²) in [4.78, 5) is 15.0. The van der Waals surface area contributed by atoms with Crippen molar-refractivity contribution in [1.29, 1.82) is 0 Å². The summed E-state index contributed by atoms with van der Waals surface area (Å²) in [6, 6.07) is 13.3. The minimum atomic E-state index is -2.61. The van der Waals surface area contributed by atoms with Crippen LogP contribution in [0.3, 0.4) is 0 Å². The summed E-state index contributed by atoms with van der Waals surface area (Å²) in [5, 5.41) is 4.39. The second-order valence-corrected chi connectivity index (χ2v) is 7.66. The molecule has 5 nitrogen and oxygen atoms in total. The van der Waals surface area contributed by atoms with Gasteiger partial charge in [0.1, 0.15) is 11.5 Å². The highest BCUT2D eigenvalue weighted by molar-refractivity contribution is 5.69. The van der Waals surface area contributed by atoms with Crippen molar-refractivity contribution in [3.05, 3.63) is 76.5 Å². The summed E-state index contributed by atoms with van der Waals surface area (Å²) < 4.78 is 44.2. The molecule has 0 amide bonds. The molecule has 1 aromatic heterocycles. The number of likely N-dealkylation sites (tertiary alicyclic amines) is 1. The highest BCUT2D eigenvalue weighted by Crippen LogP contribution is 2.30. The molecule has 0 N–H and O–H groups in total. The Hall–Kier alpha value is -3.13. The predicted octanol–water partition coefficient (Wildman–Crippen LogP) is 3.96. The minimum absolute atomic E-state index is 0.0863. The zero-order valence-corrected chi connectivity index (χ0v) is 16.1. The lowest BCUT2D eigenvalue weighted by Gasteiger charge is -2.32. The van der Waals surface area contributed by atoms with Crippen LogP contribution in [0, 0.1) is 5.82 Å². The molecule has 1 saturated heterocycles. The standard InChI is InChI=1S/C22H19F3N4O/c23-17-5-1-2-7-19(17)29-21(30)16-13-15(14-27-11-8-22(24,25)9-12-27)18-6-3-4-10-28(18)20(16)26-29/h1-7,10,13H,8-9,11-12,14H2. The number of fused-ring (bicyclic) bond motifs is 3. The predicted molar refractivity (Wildman–Crippen MR) is 107 cm³/mol. The normalized spacial score (nSPS) is 17.0. The van der Waals surface area contributed by atoms with Gasteiger partial charge < -0.3 is 0 Å². The number of benzene rings is 1. The highest BCUT2D eigenvalue weighted by Gasteiger charge is 2.34. The van der Waals surface area contributed by atoms with E-state index in [9.17, 15) is 18.0 Å². The van der Waals surface area contributed by atoms with E-state index in [2.05, 4.69) is 5.10 Å². The zero-order valence-electron chi connectivity index (χ0n) is 16.1. The fraction of sp³-hybridized carbons (Fsp3) is 0.273. The maximum Gasteiger partial charge on any atom is 0.282 e. The number of pyridine rings is 2. The molecule has 154 valence electrons. The molecule has 3 aliphatic rings. The van der Waals surface area contributed by atoms with Gasteiger partial charge >= 0.3 is 0 Å². The lowest BCUT2D eigenvalue weighted by molar-refractivity contribution is -0.0566. The van der Waals surface area contributed by atoms with Gasteiger partial charge in [-0.05, 0) is 35.9 Å². The molecule has 30 heavy (non-hydrogen) atoms. The van der Waals surface area contributed by atoms with E-state index < -0.39 is 17.3 Å².